The molecule has 1 aromatic heterocycles. The molecule has 0 N–H and O–H groups in total. The van der Waals surface area contributed by atoms with E-state index < -0.39 is 0 Å². The van der Waals surface area contributed by atoms with Crippen molar-refractivity contribution >= 4 is 5.97 Å². The summed E-state index contributed by atoms with van der Waals surface area (Å²) in [7, 11) is 0. The van der Waals surface area contributed by atoms with E-state index in [1.807, 2.05) is 41.1 Å². The maximum Gasteiger partial charge on any atom is 0.306 e. The molecule has 0 bridgehead atoms. The summed E-state index contributed by atoms with van der Waals surface area (Å²) < 4.78 is 7.37. The van der Waals surface area contributed by atoms with Gasteiger partial charge in [-0.3, -0.25) is 4.79 Å². The zero-order valence-electron chi connectivity index (χ0n) is 10.3. The lowest BCUT2D eigenvalue weighted by atomic mass is 10.1. The second-order valence-corrected chi connectivity index (χ2v) is 4.00. The van der Waals surface area contributed by atoms with Gasteiger partial charge in [-0.15, -0.1) is 0 Å². The molecule has 0 saturated heterocycles. The van der Waals surface area contributed by atoms with Gasteiger partial charge in [0.1, 0.15) is 6.10 Å². The van der Waals surface area contributed by atoms with Gasteiger partial charge in [0.15, 0.2) is 0 Å². The predicted octanol–water partition coefficient (Wildman–Crippen LogP) is 2.58. The first-order valence-electron chi connectivity index (χ1n) is 5.99. The van der Waals surface area contributed by atoms with Gasteiger partial charge in [-0.1, -0.05) is 37.3 Å². The Hall–Kier alpha value is -2.10. The second kappa shape index (κ2) is 6.00. The Kier molecular flexibility index (Phi) is 4.12. The van der Waals surface area contributed by atoms with E-state index in [1.54, 1.807) is 19.4 Å². The number of carbonyl (C=O) groups excluding carboxylic acids is 1. The van der Waals surface area contributed by atoms with Crippen LogP contribution in [-0.4, -0.2) is 15.5 Å². The molecule has 1 atom stereocenters. The van der Waals surface area contributed by atoms with Gasteiger partial charge in [0.2, 0.25) is 0 Å². The van der Waals surface area contributed by atoms with Crippen molar-refractivity contribution in [3.8, 4) is 0 Å². The van der Waals surface area contributed by atoms with Gasteiger partial charge >= 0.3 is 5.97 Å². The predicted molar refractivity (Wildman–Crippen MR) is 67.8 cm³/mol. The Morgan fingerprint density at radius 3 is 2.78 bits per heavy atom. The summed E-state index contributed by atoms with van der Waals surface area (Å²) >= 11 is 0. The standard InChI is InChI=1S/C14H16N2O2/c1-2-14(17)18-13(10-16-9-8-15-11-16)12-6-4-3-5-7-12/h3-9,11,13H,2,10H2,1H3. The molecule has 4 heteroatoms. The molecule has 0 aliphatic heterocycles. The number of carbonyl (C=O) groups is 1. The lowest BCUT2D eigenvalue weighted by molar-refractivity contribution is -0.149. The van der Waals surface area contributed by atoms with Crippen LogP contribution in [0.4, 0.5) is 0 Å². The maximum atomic E-state index is 11.5. The topological polar surface area (TPSA) is 44.1 Å². The molecule has 1 heterocycles. The normalized spacial score (nSPS) is 12.1. The molecule has 2 rings (SSSR count). The van der Waals surface area contributed by atoms with Crippen molar-refractivity contribution in [1.29, 1.82) is 0 Å². The monoisotopic (exact) mass is 244 g/mol. The zero-order valence-corrected chi connectivity index (χ0v) is 10.3. The number of ether oxygens (including phenoxy) is 1. The smallest absolute Gasteiger partial charge is 0.306 e. The molecule has 0 saturated carbocycles. The maximum absolute atomic E-state index is 11.5. The number of esters is 1. The molecule has 18 heavy (non-hydrogen) atoms. The van der Waals surface area contributed by atoms with Crippen LogP contribution in [0.25, 0.3) is 0 Å². The third kappa shape index (κ3) is 3.20. The van der Waals surface area contributed by atoms with Crippen molar-refractivity contribution in [2.75, 3.05) is 0 Å². The first kappa shape index (κ1) is 12.4. The van der Waals surface area contributed by atoms with Gasteiger partial charge in [0.05, 0.1) is 12.9 Å². The summed E-state index contributed by atoms with van der Waals surface area (Å²) in [6.45, 7) is 2.37. The first-order valence-corrected chi connectivity index (χ1v) is 5.99. The van der Waals surface area contributed by atoms with Crippen molar-refractivity contribution in [1.82, 2.24) is 9.55 Å². The molecule has 0 radical (unpaired) electrons. The molecule has 1 aromatic carbocycles. The van der Waals surface area contributed by atoms with Gasteiger partial charge in [0.25, 0.3) is 0 Å². The van der Waals surface area contributed by atoms with Crippen molar-refractivity contribution in [2.24, 2.45) is 0 Å². The number of benzene rings is 1. The Morgan fingerprint density at radius 1 is 1.39 bits per heavy atom. The van der Waals surface area contributed by atoms with Gasteiger partial charge in [-0.25, -0.2) is 4.98 Å². The Labute approximate surface area is 106 Å². The minimum absolute atomic E-state index is 0.191. The van der Waals surface area contributed by atoms with Crippen molar-refractivity contribution < 1.29 is 9.53 Å². The van der Waals surface area contributed by atoms with Crippen LogP contribution in [0.1, 0.15) is 25.0 Å². The molecule has 4 nitrogen and oxygen atoms in total. The Balaban J connectivity index is 2.15. The fourth-order valence-electron chi connectivity index (χ4n) is 1.71. The summed E-state index contributed by atoms with van der Waals surface area (Å²) in [5.41, 5.74) is 0.994. The van der Waals surface area contributed by atoms with Crippen LogP contribution in [0, 0.1) is 0 Å². The van der Waals surface area contributed by atoms with Gasteiger partial charge < -0.3 is 9.30 Å². The molecule has 0 aliphatic rings. The minimum atomic E-state index is -0.271. The lowest BCUT2D eigenvalue weighted by Gasteiger charge is -2.18. The third-order valence-electron chi connectivity index (χ3n) is 2.67. The highest BCUT2D eigenvalue weighted by molar-refractivity contribution is 5.69. The van der Waals surface area contributed by atoms with E-state index in [4.69, 9.17) is 4.74 Å². The fraction of sp³-hybridized carbons (Fsp3) is 0.286. The average molecular weight is 244 g/mol. The Bertz CT molecular complexity index is 480. The molecule has 94 valence electrons. The summed E-state index contributed by atoms with van der Waals surface area (Å²) in [5, 5.41) is 0. The summed E-state index contributed by atoms with van der Waals surface area (Å²) in [6.07, 6.45) is 5.40. The van der Waals surface area contributed by atoms with E-state index in [0.717, 1.165) is 5.56 Å². The first-order chi connectivity index (χ1) is 8.79. The van der Waals surface area contributed by atoms with Crippen LogP contribution in [0.2, 0.25) is 0 Å². The highest BCUT2D eigenvalue weighted by atomic mass is 16.5. The third-order valence-corrected chi connectivity index (χ3v) is 2.67. The molecule has 0 amide bonds. The summed E-state index contributed by atoms with van der Waals surface area (Å²) in [6, 6.07) is 9.75. The quantitative estimate of drug-likeness (QED) is 0.759. The zero-order chi connectivity index (χ0) is 12.8. The minimum Gasteiger partial charge on any atom is -0.456 e. The van der Waals surface area contributed by atoms with E-state index in [2.05, 4.69) is 4.98 Å². The van der Waals surface area contributed by atoms with Crippen LogP contribution in [0.5, 0.6) is 0 Å². The van der Waals surface area contributed by atoms with Crippen molar-refractivity contribution in [3.63, 3.8) is 0 Å². The molecule has 0 fully saturated rings. The fourth-order valence-corrected chi connectivity index (χ4v) is 1.71. The van der Waals surface area contributed by atoms with E-state index in [9.17, 15) is 4.79 Å². The molecule has 0 aliphatic carbocycles. The molecule has 1 unspecified atom stereocenters. The number of imidazole rings is 1. The molecule has 0 spiro atoms. The van der Waals surface area contributed by atoms with Gasteiger partial charge in [-0.05, 0) is 5.56 Å². The van der Waals surface area contributed by atoms with Gasteiger partial charge in [0, 0.05) is 18.8 Å². The lowest BCUT2D eigenvalue weighted by Crippen LogP contribution is -2.15. The number of aromatic nitrogens is 2. The Morgan fingerprint density at radius 2 is 2.17 bits per heavy atom. The SMILES string of the molecule is CCC(=O)OC(Cn1ccnc1)c1ccccc1. The molecular formula is C14H16N2O2. The molecular weight excluding hydrogens is 228 g/mol. The van der Waals surface area contributed by atoms with Gasteiger partial charge in [-0.2, -0.15) is 0 Å². The van der Waals surface area contributed by atoms with Crippen LogP contribution < -0.4 is 0 Å². The molecule has 2 aromatic rings. The number of nitrogens with zero attached hydrogens (tertiary/aromatic N) is 2. The van der Waals surface area contributed by atoms with E-state index in [1.165, 1.54) is 0 Å². The van der Waals surface area contributed by atoms with E-state index >= 15 is 0 Å². The summed E-state index contributed by atoms with van der Waals surface area (Å²) in [4.78, 5) is 15.5. The largest absolute Gasteiger partial charge is 0.456 e. The number of hydrogen-bond donors (Lipinski definition) is 0. The van der Waals surface area contributed by atoms with E-state index in [-0.39, 0.29) is 12.1 Å². The highest BCUT2D eigenvalue weighted by Crippen LogP contribution is 2.20. The number of hydrogen-bond acceptors (Lipinski definition) is 3. The van der Waals surface area contributed by atoms with Crippen LogP contribution in [0.15, 0.2) is 49.1 Å². The number of rotatable bonds is 5. The highest BCUT2D eigenvalue weighted by Gasteiger charge is 2.16. The van der Waals surface area contributed by atoms with Crippen molar-refractivity contribution in [3.05, 3.63) is 54.6 Å². The van der Waals surface area contributed by atoms with Crippen LogP contribution in [-0.2, 0) is 16.1 Å². The van der Waals surface area contributed by atoms with E-state index in [0.29, 0.717) is 13.0 Å². The summed E-state index contributed by atoms with van der Waals surface area (Å²) in [5.74, 6) is -0.191. The van der Waals surface area contributed by atoms with Crippen LogP contribution >= 0.6 is 0 Å². The van der Waals surface area contributed by atoms with Crippen molar-refractivity contribution in [2.45, 2.75) is 26.0 Å². The van der Waals surface area contributed by atoms with Crippen LogP contribution in [0.3, 0.4) is 0 Å². The average Bonchev–Trinajstić information content (AvgIpc) is 2.92. The second-order valence-electron chi connectivity index (χ2n) is 4.00.